The Bertz CT molecular complexity index is 431. The van der Waals surface area contributed by atoms with Crippen molar-refractivity contribution in [3.05, 3.63) is 27.5 Å². The molecular formula is C10H8BrFO3. The zero-order chi connectivity index (χ0) is 11.0. The van der Waals surface area contributed by atoms with E-state index in [1.54, 1.807) is 0 Å². The fraction of sp³-hybridized carbons (Fsp3) is 0.300. The van der Waals surface area contributed by atoms with Gasteiger partial charge in [-0.2, -0.15) is 0 Å². The van der Waals surface area contributed by atoms with Crippen molar-refractivity contribution in [1.29, 1.82) is 0 Å². The Labute approximate surface area is 94.3 Å². The summed E-state index contributed by atoms with van der Waals surface area (Å²) in [4.78, 5) is 11.3. The summed E-state index contributed by atoms with van der Waals surface area (Å²) in [5.74, 6) is -0.294. The SMILES string of the molecule is CC(=O)c1cc(Br)c(F)c2c1OCOC2. The minimum Gasteiger partial charge on any atom is -0.466 e. The Balaban J connectivity index is 2.67. The number of halogens is 2. The number of benzene rings is 1. The first-order valence-corrected chi connectivity index (χ1v) is 5.13. The first kappa shape index (κ1) is 10.6. The van der Waals surface area contributed by atoms with Crippen LogP contribution in [0.1, 0.15) is 22.8 Å². The molecule has 80 valence electrons. The average Bonchev–Trinajstić information content (AvgIpc) is 2.23. The van der Waals surface area contributed by atoms with Gasteiger partial charge < -0.3 is 9.47 Å². The van der Waals surface area contributed by atoms with Crippen LogP contribution < -0.4 is 4.74 Å². The summed E-state index contributed by atoms with van der Waals surface area (Å²) in [5, 5.41) is 0. The summed E-state index contributed by atoms with van der Waals surface area (Å²) in [6, 6.07) is 1.43. The highest BCUT2D eigenvalue weighted by molar-refractivity contribution is 9.10. The molecule has 0 saturated heterocycles. The highest BCUT2D eigenvalue weighted by Crippen LogP contribution is 2.34. The van der Waals surface area contributed by atoms with E-state index in [4.69, 9.17) is 9.47 Å². The average molecular weight is 275 g/mol. The van der Waals surface area contributed by atoms with Gasteiger partial charge in [0, 0.05) is 0 Å². The van der Waals surface area contributed by atoms with Gasteiger partial charge in [-0.1, -0.05) is 0 Å². The molecule has 15 heavy (non-hydrogen) atoms. The second-order valence-electron chi connectivity index (χ2n) is 3.19. The molecule has 0 N–H and O–H groups in total. The molecule has 0 unspecified atom stereocenters. The minimum atomic E-state index is -0.435. The van der Waals surface area contributed by atoms with Gasteiger partial charge >= 0.3 is 0 Å². The molecule has 0 amide bonds. The molecule has 1 heterocycles. The number of carbonyl (C=O) groups excluding carboxylic acids is 1. The van der Waals surface area contributed by atoms with Crippen molar-refractivity contribution in [3.63, 3.8) is 0 Å². The number of hydrogen-bond donors (Lipinski definition) is 0. The van der Waals surface area contributed by atoms with Gasteiger partial charge in [0.2, 0.25) is 0 Å². The van der Waals surface area contributed by atoms with E-state index in [-0.39, 0.29) is 23.7 Å². The molecule has 0 fully saturated rings. The summed E-state index contributed by atoms with van der Waals surface area (Å²) >= 11 is 3.06. The molecule has 5 heteroatoms. The van der Waals surface area contributed by atoms with Crippen molar-refractivity contribution in [2.24, 2.45) is 0 Å². The minimum absolute atomic E-state index is 0.0500. The Hall–Kier alpha value is -0.940. The Kier molecular flexibility index (Phi) is 2.75. The van der Waals surface area contributed by atoms with E-state index in [0.717, 1.165) is 0 Å². The maximum absolute atomic E-state index is 13.6. The molecule has 1 aromatic carbocycles. The molecule has 0 aliphatic carbocycles. The van der Waals surface area contributed by atoms with E-state index >= 15 is 0 Å². The lowest BCUT2D eigenvalue weighted by Gasteiger charge is -2.20. The van der Waals surface area contributed by atoms with Gasteiger partial charge in [-0.15, -0.1) is 0 Å². The van der Waals surface area contributed by atoms with Crippen LogP contribution in [-0.4, -0.2) is 12.6 Å². The quantitative estimate of drug-likeness (QED) is 0.739. The van der Waals surface area contributed by atoms with Crippen LogP contribution in [-0.2, 0) is 11.3 Å². The van der Waals surface area contributed by atoms with Crippen LogP contribution in [0.3, 0.4) is 0 Å². The van der Waals surface area contributed by atoms with Gasteiger partial charge in [-0.3, -0.25) is 4.79 Å². The lowest BCUT2D eigenvalue weighted by molar-refractivity contribution is -0.0187. The van der Waals surface area contributed by atoms with E-state index in [9.17, 15) is 9.18 Å². The molecule has 0 atom stereocenters. The van der Waals surface area contributed by atoms with Crippen LogP contribution in [0.15, 0.2) is 10.5 Å². The van der Waals surface area contributed by atoms with Crippen molar-refractivity contribution < 1.29 is 18.7 Å². The van der Waals surface area contributed by atoms with Crippen LogP contribution >= 0.6 is 15.9 Å². The number of ketones is 1. The van der Waals surface area contributed by atoms with Crippen molar-refractivity contribution >= 4 is 21.7 Å². The first-order valence-electron chi connectivity index (χ1n) is 4.33. The van der Waals surface area contributed by atoms with Gasteiger partial charge in [0.15, 0.2) is 12.6 Å². The zero-order valence-corrected chi connectivity index (χ0v) is 9.56. The zero-order valence-electron chi connectivity index (χ0n) is 7.97. The third-order valence-electron chi connectivity index (χ3n) is 2.18. The van der Waals surface area contributed by atoms with Crippen molar-refractivity contribution in [2.45, 2.75) is 13.5 Å². The molecule has 0 saturated carbocycles. The fourth-order valence-corrected chi connectivity index (χ4v) is 1.93. The van der Waals surface area contributed by atoms with Gasteiger partial charge in [-0.25, -0.2) is 4.39 Å². The Morgan fingerprint density at radius 3 is 3.00 bits per heavy atom. The molecule has 1 aliphatic rings. The molecule has 0 radical (unpaired) electrons. The molecule has 0 spiro atoms. The maximum Gasteiger partial charge on any atom is 0.189 e. The lowest BCUT2D eigenvalue weighted by Crippen LogP contribution is -2.16. The topological polar surface area (TPSA) is 35.5 Å². The third-order valence-corrected chi connectivity index (χ3v) is 2.75. The Morgan fingerprint density at radius 2 is 2.33 bits per heavy atom. The number of hydrogen-bond acceptors (Lipinski definition) is 3. The second kappa shape index (κ2) is 3.90. The molecule has 1 aromatic rings. The third kappa shape index (κ3) is 1.77. The second-order valence-corrected chi connectivity index (χ2v) is 4.05. The van der Waals surface area contributed by atoms with Crippen molar-refractivity contribution in [2.75, 3.05) is 6.79 Å². The van der Waals surface area contributed by atoms with Gasteiger partial charge in [0.05, 0.1) is 22.2 Å². The predicted octanol–water partition coefficient (Wildman–Crippen LogP) is 2.66. The largest absolute Gasteiger partial charge is 0.466 e. The van der Waals surface area contributed by atoms with E-state index in [1.165, 1.54) is 13.0 Å². The number of fused-ring (bicyclic) bond motifs is 1. The number of rotatable bonds is 1. The normalized spacial score (nSPS) is 14.3. The van der Waals surface area contributed by atoms with Gasteiger partial charge in [0.1, 0.15) is 11.6 Å². The summed E-state index contributed by atoms with van der Waals surface area (Å²) in [6.45, 7) is 1.59. The summed E-state index contributed by atoms with van der Waals surface area (Å²) in [6.07, 6.45) is 0. The van der Waals surface area contributed by atoms with Crippen molar-refractivity contribution in [3.8, 4) is 5.75 Å². The molecule has 0 bridgehead atoms. The summed E-state index contributed by atoms with van der Waals surface area (Å²) < 4.78 is 24.0. The first-order chi connectivity index (χ1) is 7.11. The maximum atomic E-state index is 13.6. The summed E-state index contributed by atoms with van der Waals surface area (Å²) in [5.41, 5.74) is 0.669. The lowest BCUT2D eigenvalue weighted by atomic mass is 10.1. The van der Waals surface area contributed by atoms with Gasteiger partial charge in [-0.05, 0) is 28.9 Å². The van der Waals surface area contributed by atoms with E-state index in [1.807, 2.05) is 0 Å². The van der Waals surface area contributed by atoms with E-state index in [0.29, 0.717) is 16.9 Å². The predicted molar refractivity (Wildman–Crippen MR) is 54.4 cm³/mol. The number of ether oxygens (including phenoxy) is 2. The van der Waals surface area contributed by atoms with Crippen molar-refractivity contribution in [1.82, 2.24) is 0 Å². The van der Waals surface area contributed by atoms with E-state index < -0.39 is 5.82 Å². The van der Waals surface area contributed by atoms with Crippen LogP contribution in [0.25, 0.3) is 0 Å². The highest BCUT2D eigenvalue weighted by Gasteiger charge is 2.23. The molecule has 0 aromatic heterocycles. The smallest absolute Gasteiger partial charge is 0.189 e. The van der Waals surface area contributed by atoms with Crippen LogP contribution in [0.4, 0.5) is 4.39 Å². The standard InChI is InChI=1S/C10H8BrFO3/c1-5(13)6-2-8(11)9(12)7-3-14-4-15-10(6)7/h2H,3-4H2,1H3. The van der Waals surface area contributed by atoms with Crippen LogP contribution in [0.5, 0.6) is 5.75 Å². The number of carbonyl (C=O) groups is 1. The highest BCUT2D eigenvalue weighted by atomic mass is 79.9. The monoisotopic (exact) mass is 274 g/mol. The van der Waals surface area contributed by atoms with E-state index in [2.05, 4.69) is 15.9 Å². The van der Waals surface area contributed by atoms with Crippen LogP contribution in [0.2, 0.25) is 0 Å². The molecule has 2 rings (SSSR count). The fourth-order valence-electron chi connectivity index (χ4n) is 1.46. The molecule has 3 nitrogen and oxygen atoms in total. The van der Waals surface area contributed by atoms with Gasteiger partial charge in [0.25, 0.3) is 0 Å². The van der Waals surface area contributed by atoms with Crippen LogP contribution in [0, 0.1) is 5.82 Å². The Morgan fingerprint density at radius 1 is 1.60 bits per heavy atom. The molecular weight excluding hydrogens is 267 g/mol. The summed E-state index contributed by atoms with van der Waals surface area (Å²) in [7, 11) is 0. The molecule has 1 aliphatic heterocycles. The number of Topliss-reactive ketones (excluding diaryl/α,β-unsaturated/α-hetero) is 1.